The van der Waals surface area contributed by atoms with E-state index in [1.165, 1.54) is 6.08 Å². The number of hydrogen-bond donors (Lipinski definition) is 0. The Balaban J connectivity index is 2.35. The molecule has 1 heterocycles. The molecule has 0 spiro atoms. The summed E-state index contributed by atoms with van der Waals surface area (Å²) in [6.07, 6.45) is 4.15. The summed E-state index contributed by atoms with van der Waals surface area (Å²) in [5.41, 5.74) is 0.305. The van der Waals surface area contributed by atoms with Gasteiger partial charge in [0.15, 0.2) is 0 Å². The number of rotatable bonds is 2. The number of nitrogens with zero attached hydrogens (tertiary/aromatic N) is 1. The minimum absolute atomic E-state index is 0.305. The summed E-state index contributed by atoms with van der Waals surface area (Å²) in [6, 6.07) is 0. The third kappa shape index (κ3) is 1.31. The molecule has 1 aliphatic rings. The average Bonchev–Trinajstić information content (AvgIpc) is 2.35. The first-order valence-corrected chi connectivity index (χ1v) is 3.05. The molecule has 0 aromatic heterocycles. The molecule has 1 rings (SSSR count). The molecular weight excluding hydrogens is 114 g/mol. The molecular formula is C7H11NO. The number of allylic oxidation sites excluding steroid dienone is 1. The van der Waals surface area contributed by atoms with Crippen molar-refractivity contribution in [2.45, 2.75) is 19.4 Å². The van der Waals surface area contributed by atoms with Crippen LogP contribution < -0.4 is 0 Å². The maximum Gasteiger partial charge on any atom is 0.144 e. The second-order valence-electron chi connectivity index (χ2n) is 2.92. The standard InChI is InChI=1S/C7H11NO/c1-7(2)6-8(7)4-3-5-9/h3-5H,6H2,1-2H3/b4-3+. The fourth-order valence-corrected chi connectivity index (χ4v) is 0.775. The van der Waals surface area contributed by atoms with Crippen LogP contribution in [-0.4, -0.2) is 23.3 Å². The highest BCUT2D eigenvalue weighted by Crippen LogP contribution is 2.30. The molecule has 1 aliphatic heterocycles. The van der Waals surface area contributed by atoms with Crippen LogP contribution in [0.1, 0.15) is 13.8 Å². The predicted octanol–water partition coefficient (Wildman–Crippen LogP) is 0.793. The van der Waals surface area contributed by atoms with Crippen molar-refractivity contribution in [1.82, 2.24) is 4.90 Å². The summed E-state index contributed by atoms with van der Waals surface area (Å²) in [5.74, 6) is 0. The topological polar surface area (TPSA) is 20.1 Å². The monoisotopic (exact) mass is 125 g/mol. The molecule has 0 N–H and O–H groups in total. The van der Waals surface area contributed by atoms with Crippen molar-refractivity contribution in [3.63, 3.8) is 0 Å². The number of carbonyl (C=O) groups excluding carboxylic acids is 1. The van der Waals surface area contributed by atoms with Gasteiger partial charge >= 0.3 is 0 Å². The van der Waals surface area contributed by atoms with Crippen LogP contribution in [0.3, 0.4) is 0 Å². The van der Waals surface area contributed by atoms with Gasteiger partial charge in [0, 0.05) is 12.7 Å². The van der Waals surface area contributed by atoms with Crippen LogP contribution in [0.15, 0.2) is 12.3 Å². The second-order valence-corrected chi connectivity index (χ2v) is 2.92. The largest absolute Gasteiger partial charge is 0.368 e. The molecule has 0 aromatic rings. The lowest BCUT2D eigenvalue weighted by Gasteiger charge is -1.98. The maximum atomic E-state index is 9.83. The minimum atomic E-state index is 0.305. The summed E-state index contributed by atoms with van der Waals surface area (Å²) >= 11 is 0. The van der Waals surface area contributed by atoms with E-state index in [0.29, 0.717) is 5.54 Å². The third-order valence-electron chi connectivity index (χ3n) is 1.58. The fraction of sp³-hybridized carbons (Fsp3) is 0.571. The van der Waals surface area contributed by atoms with Crippen molar-refractivity contribution in [1.29, 1.82) is 0 Å². The van der Waals surface area contributed by atoms with E-state index in [-0.39, 0.29) is 0 Å². The van der Waals surface area contributed by atoms with Gasteiger partial charge in [-0.25, -0.2) is 0 Å². The second kappa shape index (κ2) is 1.87. The van der Waals surface area contributed by atoms with Crippen molar-refractivity contribution in [3.05, 3.63) is 12.3 Å². The Kier molecular flexibility index (Phi) is 1.31. The Bertz CT molecular complexity index is 149. The average molecular weight is 125 g/mol. The van der Waals surface area contributed by atoms with Gasteiger partial charge in [-0.3, -0.25) is 4.79 Å². The van der Waals surface area contributed by atoms with Gasteiger partial charge in [0.2, 0.25) is 0 Å². The van der Waals surface area contributed by atoms with Crippen LogP contribution in [0.25, 0.3) is 0 Å². The zero-order chi connectivity index (χ0) is 6.91. The number of aldehydes is 1. The first-order chi connectivity index (χ1) is 4.17. The molecule has 0 bridgehead atoms. The van der Waals surface area contributed by atoms with Crippen molar-refractivity contribution in [2.75, 3.05) is 6.54 Å². The molecule has 0 aliphatic carbocycles. The Morgan fingerprint density at radius 3 is 2.44 bits per heavy atom. The smallest absolute Gasteiger partial charge is 0.144 e. The van der Waals surface area contributed by atoms with Gasteiger partial charge in [0.25, 0.3) is 0 Å². The molecule has 1 fully saturated rings. The van der Waals surface area contributed by atoms with E-state index in [1.54, 1.807) is 0 Å². The Hall–Kier alpha value is -0.790. The Labute approximate surface area is 55.2 Å². The van der Waals surface area contributed by atoms with E-state index in [2.05, 4.69) is 18.7 Å². The minimum Gasteiger partial charge on any atom is -0.368 e. The summed E-state index contributed by atoms with van der Waals surface area (Å²) in [4.78, 5) is 11.9. The zero-order valence-corrected chi connectivity index (χ0v) is 5.79. The van der Waals surface area contributed by atoms with E-state index in [1.807, 2.05) is 6.20 Å². The normalized spacial score (nSPS) is 22.7. The van der Waals surface area contributed by atoms with Crippen LogP contribution in [0.5, 0.6) is 0 Å². The Morgan fingerprint density at radius 1 is 1.56 bits per heavy atom. The van der Waals surface area contributed by atoms with Crippen molar-refractivity contribution >= 4 is 6.29 Å². The molecule has 0 unspecified atom stereocenters. The van der Waals surface area contributed by atoms with Crippen LogP contribution in [-0.2, 0) is 4.79 Å². The molecule has 0 saturated carbocycles. The molecule has 0 atom stereocenters. The zero-order valence-electron chi connectivity index (χ0n) is 5.79. The first kappa shape index (κ1) is 6.33. The third-order valence-corrected chi connectivity index (χ3v) is 1.58. The van der Waals surface area contributed by atoms with Gasteiger partial charge in [-0.1, -0.05) is 0 Å². The highest BCUT2D eigenvalue weighted by molar-refractivity contribution is 5.64. The van der Waals surface area contributed by atoms with Crippen molar-refractivity contribution in [3.8, 4) is 0 Å². The summed E-state index contributed by atoms with van der Waals surface area (Å²) in [5, 5.41) is 0. The highest BCUT2D eigenvalue weighted by atomic mass is 16.1. The van der Waals surface area contributed by atoms with E-state index in [4.69, 9.17) is 0 Å². The van der Waals surface area contributed by atoms with E-state index < -0.39 is 0 Å². The number of hydrogen-bond acceptors (Lipinski definition) is 2. The van der Waals surface area contributed by atoms with Crippen LogP contribution in [0, 0.1) is 0 Å². The van der Waals surface area contributed by atoms with Crippen molar-refractivity contribution < 1.29 is 4.79 Å². The quantitative estimate of drug-likeness (QED) is 0.309. The fourth-order valence-electron chi connectivity index (χ4n) is 0.775. The SMILES string of the molecule is CC1(C)CN1/C=C/C=O. The molecule has 2 heteroatoms. The lowest BCUT2D eigenvalue weighted by atomic mass is 10.2. The molecule has 1 saturated heterocycles. The van der Waals surface area contributed by atoms with Gasteiger partial charge in [0.05, 0.1) is 5.54 Å². The molecule has 0 amide bonds. The predicted molar refractivity (Wildman–Crippen MR) is 36.0 cm³/mol. The summed E-state index contributed by atoms with van der Waals surface area (Å²) in [7, 11) is 0. The molecule has 50 valence electrons. The van der Waals surface area contributed by atoms with Gasteiger partial charge in [-0.05, 0) is 19.9 Å². The van der Waals surface area contributed by atoms with Crippen LogP contribution in [0.2, 0.25) is 0 Å². The van der Waals surface area contributed by atoms with E-state index in [0.717, 1.165) is 12.8 Å². The van der Waals surface area contributed by atoms with E-state index in [9.17, 15) is 4.79 Å². The molecule has 0 aromatic carbocycles. The van der Waals surface area contributed by atoms with Crippen molar-refractivity contribution in [2.24, 2.45) is 0 Å². The lowest BCUT2D eigenvalue weighted by Crippen LogP contribution is -2.02. The molecule has 9 heavy (non-hydrogen) atoms. The van der Waals surface area contributed by atoms with E-state index >= 15 is 0 Å². The van der Waals surface area contributed by atoms with Gasteiger partial charge in [-0.2, -0.15) is 0 Å². The first-order valence-electron chi connectivity index (χ1n) is 3.05. The van der Waals surface area contributed by atoms with Crippen LogP contribution >= 0.6 is 0 Å². The Morgan fingerprint density at radius 2 is 2.11 bits per heavy atom. The maximum absolute atomic E-state index is 9.83. The summed E-state index contributed by atoms with van der Waals surface area (Å²) < 4.78 is 0. The molecule has 0 radical (unpaired) electrons. The van der Waals surface area contributed by atoms with Gasteiger partial charge in [-0.15, -0.1) is 0 Å². The number of carbonyl (C=O) groups is 1. The van der Waals surface area contributed by atoms with Crippen LogP contribution in [0.4, 0.5) is 0 Å². The lowest BCUT2D eigenvalue weighted by molar-refractivity contribution is -0.104. The van der Waals surface area contributed by atoms with Gasteiger partial charge < -0.3 is 4.90 Å². The van der Waals surface area contributed by atoms with Gasteiger partial charge in [0.1, 0.15) is 6.29 Å². The highest BCUT2D eigenvalue weighted by Gasteiger charge is 2.39. The molecule has 2 nitrogen and oxygen atoms in total. The summed E-state index contributed by atoms with van der Waals surface area (Å²) in [6.45, 7) is 5.35.